The number of nitrogens with zero attached hydrogens (tertiary/aromatic N) is 1. The molecule has 0 spiro atoms. The molecule has 35 heavy (non-hydrogen) atoms. The molecule has 0 bridgehead atoms. The van der Waals surface area contributed by atoms with Crippen LogP contribution >= 0.6 is 0 Å². The fourth-order valence-electron chi connectivity index (χ4n) is 3.95. The Morgan fingerprint density at radius 1 is 1.00 bits per heavy atom. The standard InChI is InChI=1S/C28H31N3O4/c1-2-31(24-9-4-3-5-10-24)28(33)21-13-15-22(16-14-21)29-19-27(32)30-23-8-6-11-25(18-23)35-20-26-12-7-17-34-26/h3-6,8-11,13-16,18,26,29H,2,7,12,17,19-20H2,1H3,(H,30,32). The van der Waals surface area contributed by atoms with E-state index in [1.165, 1.54) is 0 Å². The van der Waals surface area contributed by atoms with Crippen molar-refractivity contribution in [2.75, 3.05) is 41.8 Å². The second-order valence-electron chi connectivity index (χ2n) is 8.34. The van der Waals surface area contributed by atoms with E-state index in [-0.39, 0.29) is 24.5 Å². The third-order valence-electron chi connectivity index (χ3n) is 5.79. The summed E-state index contributed by atoms with van der Waals surface area (Å²) in [4.78, 5) is 27.1. The van der Waals surface area contributed by atoms with E-state index in [1.807, 2.05) is 55.5 Å². The van der Waals surface area contributed by atoms with Crippen molar-refractivity contribution < 1.29 is 19.1 Å². The predicted molar refractivity (Wildman–Crippen MR) is 138 cm³/mol. The molecule has 0 aliphatic carbocycles. The molecule has 1 atom stereocenters. The van der Waals surface area contributed by atoms with Crippen LogP contribution in [0.4, 0.5) is 17.1 Å². The van der Waals surface area contributed by atoms with Crippen LogP contribution in [0.1, 0.15) is 30.1 Å². The first-order valence-electron chi connectivity index (χ1n) is 12.0. The molecule has 3 aromatic carbocycles. The Hall–Kier alpha value is -3.84. The third-order valence-corrected chi connectivity index (χ3v) is 5.79. The molecule has 0 aromatic heterocycles. The molecule has 0 saturated carbocycles. The number of carbonyl (C=O) groups is 2. The van der Waals surface area contributed by atoms with Gasteiger partial charge in [0.05, 0.1) is 12.6 Å². The minimum atomic E-state index is -0.178. The summed E-state index contributed by atoms with van der Waals surface area (Å²) in [5.41, 5.74) is 2.88. The fraction of sp³-hybridized carbons (Fsp3) is 0.286. The van der Waals surface area contributed by atoms with Crippen LogP contribution in [0.3, 0.4) is 0 Å². The maximum absolute atomic E-state index is 12.9. The van der Waals surface area contributed by atoms with Crippen LogP contribution in [-0.4, -0.2) is 44.2 Å². The highest BCUT2D eigenvalue weighted by molar-refractivity contribution is 6.06. The van der Waals surface area contributed by atoms with Gasteiger partial charge in [0.15, 0.2) is 0 Å². The van der Waals surface area contributed by atoms with Crippen molar-refractivity contribution in [1.82, 2.24) is 0 Å². The quantitative estimate of drug-likeness (QED) is 0.435. The highest BCUT2D eigenvalue weighted by Gasteiger charge is 2.17. The van der Waals surface area contributed by atoms with Gasteiger partial charge in [0, 0.05) is 41.8 Å². The molecule has 1 saturated heterocycles. The van der Waals surface area contributed by atoms with Crippen molar-refractivity contribution in [3.63, 3.8) is 0 Å². The van der Waals surface area contributed by atoms with Crippen molar-refractivity contribution in [3.8, 4) is 5.75 Å². The summed E-state index contributed by atoms with van der Waals surface area (Å²) in [7, 11) is 0. The molecule has 1 heterocycles. The highest BCUT2D eigenvalue weighted by atomic mass is 16.5. The van der Waals surface area contributed by atoms with Gasteiger partial charge in [-0.2, -0.15) is 0 Å². The number of benzene rings is 3. The topological polar surface area (TPSA) is 79.9 Å². The van der Waals surface area contributed by atoms with Gasteiger partial charge in [0.1, 0.15) is 12.4 Å². The first-order valence-corrected chi connectivity index (χ1v) is 12.0. The number of hydrogen-bond donors (Lipinski definition) is 2. The van der Waals surface area contributed by atoms with Gasteiger partial charge in [-0.15, -0.1) is 0 Å². The van der Waals surface area contributed by atoms with Crippen LogP contribution < -0.4 is 20.3 Å². The third kappa shape index (κ3) is 6.83. The molecule has 0 radical (unpaired) electrons. The molecule has 4 rings (SSSR count). The van der Waals surface area contributed by atoms with Gasteiger partial charge < -0.3 is 25.0 Å². The molecule has 7 heteroatoms. The summed E-state index contributed by atoms with van der Waals surface area (Å²) < 4.78 is 11.4. The zero-order valence-electron chi connectivity index (χ0n) is 19.9. The highest BCUT2D eigenvalue weighted by Crippen LogP contribution is 2.20. The Morgan fingerprint density at radius 3 is 2.51 bits per heavy atom. The fourth-order valence-corrected chi connectivity index (χ4v) is 3.95. The molecule has 1 aliphatic heterocycles. The van der Waals surface area contributed by atoms with E-state index in [1.54, 1.807) is 35.2 Å². The zero-order chi connectivity index (χ0) is 24.5. The minimum Gasteiger partial charge on any atom is -0.491 e. The van der Waals surface area contributed by atoms with Crippen LogP contribution in [0.15, 0.2) is 78.9 Å². The van der Waals surface area contributed by atoms with Gasteiger partial charge in [0.2, 0.25) is 5.91 Å². The zero-order valence-corrected chi connectivity index (χ0v) is 19.9. The lowest BCUT2D eigenvalue weighted by Crippen LogP contribution is -2.30. The Balaban J connectivity index is 1.27. The van der Waals surface area contributed by atoms with E-state index < -0.39 is 0 Å². The van der Waals surface area contributed by atoms with Gasteiger partial charge in [-0.1, -0.05) is 24.3 Å². The largest absolute Gasteiger partial charge is 0.491 e. The average Bonchev–Trinajstić information content (AvgIpc) is 3.42. The SMILES string of the molecule is CCN(C(=O)c1ccc(NCC(=O)Nc2cccc(OCC3CCCO3)c2)cc1)c1ccccc1. The molecule has 3 aromatic rings. The van der Waals surface area contributed by atoms with E-state index in [4.69, 9.17) is 9.47 Å². The van der Waals surface area contributed by atoms with Crippen molar-refractivity contribution >= 4 is 28.9 Å². The number of ether oxygens (including phenoxy) is 2. The van der Waals surface area contributed by atoms with Crippen molar-refractivity contribution in [2.24, 2.45) is 0 Å². The summed E-state index contributed by atoms with van der Waals surface area (Å²) in [6.45, 7) is 3.92. The molecule has 7 nitrogen and oxygen atoms in total. The molecule has 1 aliphatic rings. The minimum absolute atomic E-state index is 0.0652. The lowest BCUT2D eigenvalue weighted by Gasteiger charge is -2.21. The van der Waals surface area contributed by atoms with Crippen LogP contribution in [0.5, 0.6) is 5.75 Å². The van der Waals surface area contributed by atoms with Crippen LogP contribution in [0.25, 0.3) is 0 Å². The summed E-state index contributed by atoms with van der Waals surface area (Å²) in [5, 5.41) is 5.98. The molecule has 182 valence electrons. The Labute approximate surface area is 206 Å². The molecule has 1 unspecified atom stereocenters. The predicted octanol–water partition coefficient (Wildman–Crippen LogP) is 4.96. The van der Waals surface area contributed by atoms with Crippen molar-refractivity contribution in [3.05, 3.63) is 84.4 Å². The summed E-state index contributed by atoms with van der Waals surface area (Å²) in [5.74, 6) is 0.454. The number of amides is 2. The van der Waals surface area contributed by atoms with Crippen molar-refractivity contribution in [2.45, 2.75) is 25.9 Å². The smallest absolute Gasteiger partial charge is 0.258 e. The van der Waals surface area contributed by atoms with E-state index >= 15 is 0 Å². The van der Waals surface area contributed by atoms with Crippen LogP contribution in [-0.2, 0) is 9.53 Å². The summed E-state index contributed by atoms with van der Waals surface area (Å²) >= 11 is 0. The number of carbonyl (C=O) groups excluding carboxylic acids is 2. The second-order valence-corrected chi connectivity index (χ2v) is 8.34. The Bertz CT molecular complexity index is 1110. The molecular weight excluding hydrogens is 442 g/mol. The Morgan fingerprint density at radius 2 is 1.80 bits per heavy atom. The lowest BCUT2D eigenvalue weighted by molar-refractivity contribution is -0.114. The molecular formula is C28H31N3O4. The average molecular weight is 474 g/mol. The van der Waals surface area contributed by atoms with Crippen LogP contribution in [0.2, 0.25) is 0 Å². The monoisotopic (exact) mass is 473 g/mol. The lowest BCUT2D eigenvalue weighted by atomic mass is 10.1. The summed E-state index contributed by atoms with van der Waals surface area (Å²) in [6.07, 6.45) is 2.23. The number of rotatable bonds is 10. The normalized spacial score (nSPS) is 14.8. The maximum atomic E-state index is 12.9. The van der Waals surface area contributed by atoms with E-state index in [2.05, 4.69) is 10.6 Å². The Kier molecular flexibility index (Phi) is 8.35. The van der Waals surface area contributed by atoms with Crippen LogP contribution in [0, 0.1) is 0 Å². The molecule has 2 N–H and O–H groups in total. The number of nitrogens with one attached hydrogen (secondary N) is 2. The number of hydrogen-bond acceptors (Lipinski definition) is 5. The summed E-state index contributed by atoms with van der Waals surface area (Å²) in [6, 6.07) is 24.1. The maximum Gasteiger partial charge on any atom is 0.258 e. The van der Waals surface area contributed by atoms with Gasteiger partial charge in [-0.25, -0.2) is 0 Å². The van der Waals surface area contributed by atoms with Gasteiger partial charge in [-0.05, 0) is 68.3 Å². The first-order chi connectivity index (χ1) is 17.1. The molecule has 1 fully saturated rings. The molecule has 2 amide bonds. The van der Waals surface area contributed by atoms with Crippen molar-refractivity contribution in [1.29, 1.82) is 0 Å². The van der Waals surface area contributed by atoms with Gasteiger partial charge >= 0.3 is 0 Å². The van der Waals surface area contributed by atoms with E-state index in [0.29, 0.717) is 30.2 Å². The van der Waals surface area contributed by atoms with E-state index in [0.717, 1.165) is 30.8 Å². The first kappa shape index (κ1) is 24.3. The van der Waals surface area contributed by atoms with E-state index in [9.17, 15) is 9.59 Å². The van der Waals surface area contributed by atoms with Gasteiger partial charge in [-0.3, -0.25) is 9.59 Å². The number of anilines is 3. The number of para-hydroxylation sites is 1. The second kappa shape index (κ2) is 12.0. The van der Waals surface area contributed by atoms with Gasteiger partial charge in [0.25, 0.3) is 5.91 Å².